The Bertz CT molecular complexity index is 6720. The molecule has 20 heteroatoms. The fourth-order valence-corrected chi connectivity index (χ4v) is 19.0. The lowest BCUT2D eigenvalue weighted by molar-refractivity contribution is -0.137. The maximum atomic E-state index is 14.7. The third-order valence-electron chi connectivity index (χ3n) is 25.3. The van der Waals surface area contributed by atoms with E-state index in [-0.39, 0.29) is 35.8 Å². The molecule has 18 rings (SSSR count). The standard InChI is InChI=1S/C32H26N2O2.C29H33F3N2O2.C29H36N2O3.C28H33FN2O/c1-33-27-21-20-23(26-16-9-10-18-30(26)35-24-12-5-3-6-13-24)22-29(27)34(2)32-28(33)17-11-19-31(32)36-25-14-7-4-8-15-25;1-17(2)33-22-15-14-20(27-25(35-7)12-9-13-26(27)36-19(5)6)16-24(22)34(18(3)4)28-21(29(30,31)32)10-8-11-23(28)33;1-18(2)17-34-26-11-9-10-25(32-7)28(26)20-12-13-22-23(14-20)31(6)29-24(30(22)5)15-21(19(3)4)16-27(29)33-8;1-8-30-24-13-11-21(22-12-10-18(5)14-26(22)32-17(3)4)16-25(24)31(9-2)27-19(6)15-23(29)20(7)28(27)30/h3-22H,1-2H3;8-19H,1-7H3;9-16,18-19H,17H2,1-8H3;10-17H,8-9H2,1-7H3. The number of anilines is 16. The second kappa shape index (κ2) is 41.7. The molecular formula is C118H128F4N8O8. The Hall–Kier alpha value is -14.4. The minimum atomic E-state index is -4.49. The molecule has 0 aromatic heterocycles. The van der Waals surface area contributed by atoms with Crippen molar-refractivity contribution >= 4 is 91.0 Å². The average molecular weight is 1860 g/mol. The number of hydrogen-bond donors (Lipinski definition) is 0. The second-order valence-corrected chi connectivity index (χ2v) is 37.0. The maximum absolute atomic E-state index is 14.7. The van der Waals surface area contributed by atoms with Crippen molar-refractivity contribution in [3.63, 3.8) is 0 Å². The van der Waals surface area contributed by atoms with Crippen LogP contribution in [0.4, 0.5) is 109 Å². The van der Waals surface area contributed by atoms with E-state index in [9.17, 15) is 17.6 Å². The number of alkyl halides is 3. The topological polar surface area (TPSA) is 99.8 Å². The van der Waals surface area contributed by atoms with Crippen LogP contribution in [0.2, 0.25) is 0 Å². The Kier molecular flexibility index (Phi) is 29.6. The van der Waals surface area contributed by atoms with Crippen molar-refractivity contribution in [2.45, 2.75) is 154 Å². The number of methoxy groups -OCH3 is 3. The lowest BCUT2D eigenvalue weighted by atomic mass is 9.96. The summed E-state index contributed by atoms with van der Waals surface area (Å²) in [6, 6.07) is 87.9. The molecule has 4 heterocycles. The molecule has 0 N–H and O–H groups in total. The molecule has 4 aliphatic heterocycles. The summed E-state index contributed by atoms with van der Waals surface area (Å²) in [6.45, 7) is 37.0. The van der Waals surface area contributed by atoms with Gasteiger partial charge in [-0.15, -0.1) is 0 Å². The summed E-state index contributed by atoms with van der Waals surface area (Å²) in [4.78, 5) is 17.3. The summed E-state index contributed by atoms with van der Waals surface area (Å²) in [6.07, 6.45) is -4.45. The monoisotopic (exact) mass is 1860 g/mol. The van der Waals surface area contributed by atoms with Gasteiger partial charge in [-0.3, -0.25) is 0 Å². The van der Waals surface area contributed by atoms with Crippen LogP contribution in [0.3, 0.4) is 0 Å². The Morgan fingerprint density at radius 3 is 1.37 bits per heavy atom. The van der Waals surface area contributed by atoms with Gasteiger partial charge in [-0.25, -0.2) is 4.39 Å². The van der Waals surface area contributed by atoms with Crippen molar-refractivity contribution in [1.82, 2.24) is 0 Å². The molecule has 0 spiro atoms. The van der Waals surface area contributed by atoms with Gasteiger partial charge in [0.15, 0.2) is 5.75 Å². The summed E-state index contributed by atoms with van der Waals surface area (Å²) in [5.41, 5.74) is 26.8. The van der Waals surface area contributed by atoms with Crippen LogP contribution in [0.15, 0.2) is 267 Å². The number of nitrogens with zero attached hydrogens (tertiary/aromatic N) is 8. The molecule has 0 amide bonds. The third-order valence-corrected chi connectivity index (χ3v) is 25.3. The lowest BCUT2D eigenvalue weighted by Crippen LogP contribution is -2.38. The first kappa shape index (κ1) is 98.1. The van der Waals surface area contributed by atoms with Gasteiger partial charge in [-0.2, -0.15) is 13.2 Å². The fraction of sp³-hybridized carbons (Fsp3) is 0.288. The number of rotatable bonds is 23. The van der Waals surface area contributed by atoms with Crippen LogP contribution in [0, 0.1) is 32.5 Å². The molecular weight excluding hydrogens is 1730 g/mol. The average Bonchev–Trinajstić information content (AvgIpc) is 0.727. The summed E-state index contributed by atoms with van der Waals surface area (Å²) >= 11 is 0. The highest BCUT2D eigenvalue weighted by atomic mass is 19.4. The van der Waals surface area contributed by atoms with Gasteiger partial charge in [0.1, 0.15) is 68.9 Å². The minimum Gasteiger partial charge on any atom is -0.496 e. The molecule has 0 saturated carbocycles. The number of hydrogen-bond acceptors (Lipinski definition) is 16. The van der Waals surface area contributed by atoms with Gasteiger partial charge in [0.2, 0.25) is 0 Å². The van der Waals surface area contributed by atoms with Crippen LogP contribution in [-0.2, 0) is 6.18 Å². The van der Waals surface area contributed by atoms with Gasteiger partial charge in [0.05, 0.1) is 136 Å². The molecule has 0 aliphatic carbocycles. The van der Waals surface area contributed by atoms with Crippen LogP contribution >= 0.6 is 0 Å². The van der Waals surface area contributed by atoms with E-state index in [0.29, 0.717) is 46.9 Å². The third kappa shape index (κ3) is 19.8. The van der Waals surface area contributed by atoms with Crippen molar-refractivity contribution in [2.75, 3.05) is 108 Å². The normalized spacial score (nSPS) is 12.7. The molecule has 16 nitrogen and oxygen atoms in total. The van der Waals surface area contributed by atoms with E-state index in [1.54, 1.807) is 38.4 Å². The fourth-order valence-electron chi connectivity index (χ4n) is 19.0. The van der Waals surface area contributed by atoms with E-state index >= 15 is 0 Å². The van der Waals surface area contributed by atoms with Crippen LogP contribution in [0.1, 0.15) is 131 Å². The zero-order valence-electron chi connectivity index (χ0n) is 83.8. The smallest absolute Gasteiger partial charge is 0.418 e. The molecule has 0 saturated heterocycles. The second-order valence-electron chi connectivity index (χ2n) is 37.0. The van der Waals surface area contributed by atoms with Crippen molar-refractivity contribution in [1.29, 1.82) is 0 Å². The number of ether oxygens (including phenoxy) is 8. The minimum absolute atomic E-state index is 0.0571. The van der Waals surface area contributed by atoms with Crippen molar-refractivity contribution < 1.29 is 55.5 Å². The zero-order chi connectivity index (χ0) is 98.6. The quantitative estimate of drug-likeness (QED) is 0.0568. The molecule has 14 aromatic carbocycles. The summed E-state index contributed by atoms with van der Waals surface area (Å²) in [5.74, 6) is 8.68. The first-order valence-corrected chi connectivity index (χ1v) is 47.6. The number of benzene rings is 14. The van der Waals surface area contributed by atoms with E-state index < -0.39 is 11.7 Å². The van der Waals surface area contributed by atoms with E-state index in [1.165, 1.54) is 17.2 Å². The highest BCUT2D eigenvalue weighted by molar-refractivity contribution is 6.02. The number of para-hydroxylation sites is 5. The van der Waals surface area contributed by atoms with Crippen LogP contribution in [-0.4, -0.2) is 93.5 Å². The Morgan fingerprint density at radius 2 is 0.797 bits per heavy atom. The highest BCUT2D eigenvalue weighted by Gasteiger charge is 2.43. The number of aryl methyl sites for hydroxylation is 2. The molecule has 14 aromatic rings. The first-order valence-electron chi connectivity index (χ1n) is 47.6. The van der Waals surface area contributed by atoms with Gasteiger partial charge < -0.3 is 77.1 Å². The van der Waals surface area contributed by atoms with Gasteiger partial charge in [0, 0.05) is 70.1 Å². The van der Waals surface area contributed by atoms with E-state index in [0.717, 1.165) is 189 Å². The maximum Gasteiger partial charge on any atom is 0.418 e. The van der Waals surface area contributed by atoms with Crippen molar-refractivity contribution in [2.24, 2.45) is 5.92 Å². The Labute approximate surface area is 812 Å². The van der Waals surface area contributed by atoms with Crippen molar-refractivity contribution in [3.05, 3.63) is 301 Å². The van der Waals surface area contributed by atoms with Crippen LogP contribution in [0.25, 0.3) is 44.5 Å². The zero-order valence-corrected chi connectivity index (χ0v) is 83.8. The molecule has 0 bridgehead atoms. The van der Waals surface area contributed by atoms with Gasteiger partial charge >= 0.3 is 6.18 Å². The van der Waals surface area contributed by atoms with E-state index in [2.05, 4.69) is 217 Å². The first-order chi connectivity index (χ1) is 66.2. The molecule has 716 valence electrons. The number of halogens is 4. The summed E-state index contributed by atoms with van der Waals surface area (Å²) in [7, 11) is 13.5. The highest BCUT2D eigenvalue weighted by Crippen LogP contribution is 2.60. The molecule has 0 atom stereocenters. The van der Waals surface area contributed by atoms with E-state index in [4.69, 9.17) is 37.9 Å². The molecule has 4 aliphatic rings. The summed E-state index contributed by atoms with van der Waals surface area (Å²) < 4.78 is 106. The van der Waals surface area contributed by atoms with Gasteiger partial charge in [0.25, 0.3) is 0 Å². The van der Waals surface area contributed by atoms with Gasteiger partial charge in [-0.1, -0.05) is 143 Å². The van der Waals surface area contributed by atoms with E-state index in [1.807, 2.05) is 206 Å². The Balaban J connectivity index is 0.000000140. The predicted octanol–water partition coefficient (Wildman–Crippen LogP) is 32.6. The van der Waals surface area contributed by atoms with Gasteiger partial charge in [-0.05, 0) is 292 Å². The van der Waals surface area contributed by atoms with Crippen molar-refractivity contribution in [3.8, 4) is 102 Å². The SMILES string of the molecule is CCN1c2cc(-c3ccc(C)cc3OC(C)C)ccc2N(CC)c2c(C)c(F)cc(C)c21.CN1c2ccc(-c3ccccc3Oc3ccccc3)cc2N(C)c2c(Oc3ccccc3)cccc21.COc1cccc(OC(C)C)c1-c1ccc2c(c1)N(C(C)C)c1c(cccc1C(F)(F)F)N2C(C)C.COc1cccc(OCC(C)C)c1-c1ccc2c(c1)N(C)c1c(OC)cc(C(C)C)cc1N2C. The van der Waals surface area contributed by atoms with Crippen LogP contribution < -0.4 is 77.1 Å². The number of fused-ring (bicyclic) bond motifs is 8. The lowest BCUT2D eigenvalue weighted by Gasteiger charge is -2.45. The molecule has 138 heavy (non-hydrogen) atoms. The molecule has 0 fully saturated rings. The molecule has 0 unspecified atom stereocenters. The Morgan fingerprint density at radius 1 is 0.333 bits per heavy atom. The van der Waals surface area contributed by atoms with Crippen LogP contribution in [0.5, 0.6) is 57.5 Å². The molecule has 0 radical (unpaired) electrons. The largest absolute Gasteiger partial charge is 0.496 e. The summed E-state index contributed by atoms with van der Waals surface area (Å²) in [5, 5.41) is 0. The predicted molar refractivity (Wildman–Crippen MR) is 563 cm³/mol.